The van der Waals surface area contributed by atoms with Gasteiger partial charge in [0.2, 0.25) is 0 Å². The Hall–Kier alpha value is -3.38. The van der Waals surface area contributed by atoms with Crippen molar-refractivity contribution in [3.63, 3.8) is 0 Å². The van der Waals surface area contributed by atoms with Gasteiger partial charge in [0.05, 0.1) is 13.2 Å². The molecule has 0 aliphatic carbocycles. The maximum absolute atomic E-state index is 12.5. The van der Waals surface area contributed by atoms with E-state index in [2.05, 4.69) is 36.6 Å². The molecular weight excluding hydrogens is 432 g/mol. The molecule has 3 aromatic carbocycles. The minimum Gasteiger partial charge on any atom is -0.494 e. The van der Waals surface area contributed by atoms with Crippen LogP contribution in [0.2, 0.25) is 0 Å². The highest BCUT2D eigenvalue weighted by atomic mass is 32.1. The van der Waals surface area contributed by atoms with E-state index in [9.17, 15) is 4.79 Å². The number of hydrogen-bond donors (Lipinski definition) is 2. The molecule has 0 aromatic heterocycles. The van der Waals surface area contributed by atoms with Crippen molar-refractivity contribution in [1.29, 1.82) is 0 Å². The van der Waals surface area contributed by atoms with E-state index < -0.39 is 0 Å². The zero-order valence-electron chi connectivity index (χ0n) is 19.0. The van der Waals surface area contributed by atoms with E-state index >= 15 is 0 Å². The minimum atomic E-state index is -0.281. The summed E-state index contributed by atoms with van der Waals surface area (Å²) in [6.07, 6.45) is 1.90. The number of amides is 1. The zero-order chi connectivity index (χ0) is 23.5. The lowest BCUT2D eigenvalue weighted by Gasteiger charge is -2.12. The van der Waals surface area contributed by atoms with Crippen LogP contribution in [0.4, 0.5) is 5.69 Å². The number of carbonyl (C=O) groups excluding carboxylic acids is 1. The lowest BCUT2D eigenvalue weighted by Crippen LogP contribution is -2.34. The summed E-state index contributed by atoms with van der Waals surface area (Å²) in [5.74, 6) is 1.64. The molecule has 0 atom stereocenters. The molecule has 0 aliphatic heterocycles. The van der Waals surface area contributed by atoms with E-state index in [1.54, 1.807) is 24.3 Å². The van der Waals surface area contributed by atoms with Crippen molar-refractivity contribution in [2.24, 2.45) is 5.92 Å². The third-order valence-electron chi connectivity index (χ3n) is 4.74. The first kappa shape index (κ1) is 24.3. The SMILES string of the molecule is CC(C)COc1ccc(C(=O)NC(=S)Nc2cccc(OCCCc3ccccc3)c2)cc1. The Morgan fingerprint density at radius 3 is 2.39 bits per heavy atom. The largest absolute Gasteiger partial charge is 0.494 e. The van der Waals surface area contributed by atoms with Gasteiger partial charge in [-0.2, -0.15) is 0 Å². The second kappa shape index (κ2) is 12.6. The number of aryl methyl sites for hydroxylation is 1. The predicted octanol–water partition coefficient (Wildman–Crippen LogP) is 5.86. The molecule has 0 spiro atoms. The molecule has 172 valence electrons. The number of ether oxygens (including phenoxy) is 2. The molecule has 0 unspecified atom stereocenters. The molecule has 33 heavy (non-hydrogen) atoms. The number of anilines is 1. The highest BCUT2D eigenvalue weighted by Crippen LogP contribution is 2.18. The maximum Gasteiger partial charge on any atom is 0.257 e. The normalized spacial score (nSPS) is 10.5. The molecule has 3 aromatic rings. The van der Waals surface area contributed by atoms with Gasteiger partial charge in [0.15, 0.2) is 5.11 Å². The summed E-state index contributed by atoms with van der Waals surface area (Å²) in [5.41, 5.74) is 2.56. The quantitative estimate of drug-likeness (QED) is 0.292. The van der Waals surface area contributed by atoms with Gasteiger partial charge in [-0.25, -0.2) is 0 Å². The fourth-order valence-corrected chi connectivity index (χ4v) is 3.29. The topological polar surface area (TPSA) is 59.6 Å². The molecular formula is C27H30N2O3S. The number of nitrogens with one attached hydrogen (secondary N) is 2. The summed E-state index contributed by atoms with van der Waals surface area (Å²) in [5, 5.41) is 5.97. The average Bonchev–Trinajstić information content (AvgIpc) is 2.81. The third-order valence-corrected chi connectivity index (χ3v) is 4.94. The Morgan fingerprint density at radius 2 is 1.67 bits per heavy atom. The van der Waals surface area contributed by atoms with Crippen molar-refractivity contribution < 1.29 is 14.3 Å². The number of rotatable bonds is 10. The van der Waals surface area contributed by atoms with E-state index in [0.717, 1.165) is 30.0 Å². The van der Waals surface area contributed by atoms with Crippen LogP contribution >= 0.6 is 12.2 Å². The Bertz CT molecular complexity index is 1040. The van der Waals surface area contributed by atoms with Gasteiger partial charge >= 0.3 is 0 Å². The number of benzene rings is 3. The fraction of sp³-hybridized carbons (Fsp3) is 0.259. The van der Waals surface area contributed by atoms with Gasteiger partial charge in [-0.05, 0) is 72.9 Å². The Morgan fingerprint density at radius 1 is 0.909 bits per heavy atom. The van der Waals surface area contributed by atoms with Gasteiger partial charge in [0, 0.05) is 17.3 Å². The summed E-state index contributed by atoms with van der Waals surface area (Å²) in [6, 6.07) is 24.9. The van der Waals surface area contributed by atoms with E-state index in [1.165, 1.54) is 5.56 Å². The molecule has 5 nitrogen and oxygen atoms in total. The van der Waals surface area contributed by atoms with Crippen molar-refractivity contribution >= 4 is 28.9 Å². The Labute approximate surface area is 201 Å². The Kier molecular flexibility index (Phi) is 9.27. The van der Waals surface area contributed by atoms with Crippen LogP contribution in [-0.2, 0) is 6.42 Å². The van der Waals surface area contributed by atoms with E-state index in [1.807, 2.05) is 42.5 Å². The van der Waals surface area contributed by atoms with Gasteiger partial charge < -0.3 is 14.8 Å². The molecule has 1 amide bonds. The summed E-state index contributed by atoms with van der Waals surface area (Å²) in [7, 11) is 0. The highest BCUT2D eigenvalue weighted by Gasteiger charge is 2.09. The van der Waals surface area contributed by atoms with Crippen LogP contribution in [0.1, 0.15) is 36.2 Å². The smallest absolute Gasteiger partial charge is 0.257 e. The maximum atomic E-state index is 12.5. The molecule has 3 rings (SSSR count). The summed E-state index contributed by atoms with van der Waals surface area (Å²) >= 11 is 5.30. The van der Waals surface area contributed by atoms with Crippen LogP contribution in [0.25, 0.3) is 0 Å². The van der Waals surface area contributed by atoms with Gasteiger partial charge in [0.25, 0.3) is 5.91 Å². The molecule has 0 aliphatic rings. The number of carbonyl (C=O) groups is 1. The van der Waals surface area contributed by atoms with Crippen molar-refractivity contribution in [3.8, 4) is 11.5 Å². The number of thiocarbonyl (C=S) groups is 1. The van der Waals surface area contributed by atoms with Crippen molar-refractivity contribution in [1.82, 2.24) is 5.32 Å². The third kappa shape index (κ3) is 8.58. The minimum absolute atomic E-state index is 0.223. The molecule has 0 radical (unpaired) electrons. The monoisotopic (exact) mass is 462 g/mol. The van der Waals surface area contributed by atoms with E-state index in [4.69, 9.17) is 21.7 Å². The van der Waals surface area contributed by atoms with Gasteiger partial charge in [0.1, 0.15) is 11.5 Å². The van der Waals surface area contributed by atoms with Crippen molar-refractivity contribution in [2.45, 2.75) is 26.7 Å². The first-order valence-electron chi connectivity index (χ1n) is 11.1. The summed E-state index contributed by atoms with van der Waals surface area (Å²) in [6.45, 7) is 5.43. The summed E-state index contributed by atoms with van der Waals surface area (Å²) in [4.78, 5) is 12.5. The fourth-order valence-electron chi connectivity index (χ4n) is 3.08. The molecule has 0 saturated carbocycles. The van der Waals surface area contributed by atoms with Gasteiger partial charge in [-0.3, -0.25) is 10.1 Å². The molecule has 0 heterocycles. The van der Waals surface area contributed by atoms with E-state index in [-0.39, 0.29) is 11.0 Å². The first-order chi connectivity index (χ1) is 16.0. The second-order valence-corrected chi connectivity index (χ2v) is 8.51. The van der Waals surface area contributed by atoms with Crippen LogP contribution in [0.5, 0.6) is 11.5 Å². The predicted molar refractivity (Wildman–Crippen MR) is 137 cm³/mol. The van der Waals surface area contributed by atoms with Gasteiger partial charge in [-0.15, -0.1) is 0 Å². The molecule has 0 saturated heterocycles. The molecule has 0 fully saturated rings. The van der Waals surface area contributed by atoms with Crippen LogP contribution in [-0.4, -0.2) is 24.2 Å². The lowest BCUT2D eigenvalue weighted by atomic mass is 10.1. The van der Waals surface area contributed by atoms with Crippen LogP contribution < -0.4 is 20.1 Å². The first-order valence-corrected chi connectivity index (χ1v) is 11.5. The van der Waals surface area contributed by atoms with E-state index in [0.29, 0.717) is 24.7 Å². The summed E-state index contributed by atoms with van der Waals surface area (Å²) < 4.78 is 11.5. The second-order valence-electron chi connectivity index (χ2n) is 8.10. The molecule has 0 bridgehead atoms. The molecule has 2 N–H and O–H groups in total. The number of hydrogen-bond acceptors (Lipinski definition) is 4. The highest BCUT2D eigenvalue weighted by molar-refractivity contribution is 7.80. The Balaban J connectivity index is 1.44. The standard InChI is InChI=1S/C27H30N2O3S/c1-20(2)19-32-24-15-13-22(14-16-24)26(30)29-27(33)28-23-11-6-12-25(18-23)31-17-7-10-21-8-4-3-5-9-21/h3-6,8-9,11-16,18,20H,7,10,17,19H2,1-2H3,(H2,28,29,30,33). The zero-order valence-corrected chi connectivity index (χ0v) is 19.9. The van der Waals surface area contributed by atoms with Crippen molar-refractivity contribution in [2.75, 3.05) is 18.5 Å². The van der Waals surface area contributed by atoms with Crippen LogP contribution in [0.15, 0.2) is 78.9 Å². The average molecular weight is 463 g/mol. The lowest BCUT2D eigenvalue weighted by molar-refractivity contribution is 0.0977. The van der Waals surface area contributed by atoms with Gasteiger partial charge in [-0.1, -0.05) is 50.2 Å². The van der Waals surface area contributed by atoms with Crippen LogP contribution in [0.3, 0.4) is 0 Å². The van der Waals surface area contributed by atoms with Crippen LogP contribution in [0, 0.1) is 5.92 Å². The van der Waals surface area contributed by atoms with Crippen molar-refractivity contribution in [3.05, 3.63) is 90.0 Å². The molecule has 6 heteroatoms.